The summed E-state index contributed by atoms with van der Waals surface area (Å²) in [5, 5.41) is 11.4. The number of rotatable bonds is 12. The summed E-state index contributed by atoms with van der Waals surface area (Å²) in [6.45, 7) is 9.96. The van der Waals surface area contributed by atoms with Crippen LogP contribution in [-0.2, 0) is 16.8 Å². The normalized spacial score (nSPS) is 11.2. The first-order valence-electron chi connectivity index (χ1n) is 11.4. The molecule has 188 valence electrons. The first-order valence-corrected chi connectivity index (χ1v) is 12.4. The third kappa shape index (κ3) is 8.10. The van der Waals surface area contributed by atoms with Crippen molar-refractivity contribution >= 4 is 17.7 Å². The van der Waals surface area contributed by atoms with E-state index in [0.29, 0.717) is 36.5 Å². The second-order valence-electron chi connectivity index (χ2n) is 8.72. The molecule has 1 heterocycles. The van der Waals surface area contributed by atoms with Gasteiger partial charge in [-0.05, 0) is 54.3 Å². The van der Waals surface area contributed by atoms with Crippen molar-refractivity contribution in [2.75, 3.05) is 31.4 Å². The van der Waals surface area contributed by atoms with Gasteiger partial charge in [0.2, 0.25) is 11.1 Å². The molecular formula is C25H33N5O4S. The summed E-state index contributed by atoms with van der Waals surface area (Å²) in [4.78, 5) is 12.1. The molecule has 3 aromatic rings. The molecule has 0 saturated heterocycles. The molecule has 1 amide bonds. The minimum Gasteiger partial charge on any atom is -0.494 e. The van der Waals surface area contributed by atoms with Gasteiger partial charge in [-0.1, -0.05) is 44.7 Å². The van der Waals surface area contributed by atoms with Gasteiger partial charge in [0.15, 0.2) is 5.82 Å². The van der Waals surface area contributed by atoms with Gasteiger partial charge in [0.05, 0.1) is 18.9 Å². The van der Waals surface area contributed by atoms with Gasteiger partial charge in [-0.15, -0.1) is 10.2 Å². The molecule has 2 aromatic carbocycles. The molecule has 0 atom stereocenters. The van der Waals surface area contributed by atoms with Crippen molar-refractivity contribution in [1.82, 2.24) is 20.2 Å². The minimum absolute atomic E-state index is 0.0809. The summed E-state index contributed by atoms with van der Waals surface area (Å²) in [5.74, 6) is 8.80. The highest BCUT2D eigenvalue weighted by molar-refractivity contribution is 7.99. The summed E-state index contributed by atoms with van der Waals surface area (Å²) in [7, 11) is 0. The van der Waals surface area contributed by atoms with Gasteiger partial charge >= 0.3 is 0 Å². The number of amides is 1. The molecule has 0 aliphatic rings. The van der Waals surface area contributed by atoms with Crippen molar-refractivity contribution in [2.45, 2.75) is 44.9 Å². The van der Waals surface area contributed by atoms with Gasteiger partial charge in [-0.3, -0.25) is 4.79 Å². The first kappa shape index (κ1) is 26.2. The summed E-state index contributed by atoms with van der Waals surface area (Å²) in [6, 6.07) is 15.3. The smallest absolute Gasteiger partial charge is 0.230 e. The zero-order valence-electron chi connectivity index (χ0n) is 20.6. The van der Waals surface area contributed by atoms with Crippen LogP contribution in [0.5, 0.6) is 17.2 Å². The molecule has 35 heavy (non-hydrogen) atoms. The molecule has 0 unspecified atom stereocenters. The molecule has 10 heteroatoms. The molecule has 3 N–H and O–H groups in total. The highest BCUT2D eigenvalue weighted by Crippen LogP contribution is 2.24. The fourth-order valence-electron chi connectivity index (χ4n) is 3.04. The molecule has 0 saturated carbocycles. The Morgan fingerprint density at radius 1 is 0.971 bits per heavy atom. The van der Waals surface area contributed by atoms with Crippen LogP contribution in [0.3, 0.4) is 0 Å². The van der Waals surface area contributed by atoms with Crippen LogP contribution in [-0.4, -0.2) is 46.3 Å². The average Bonchev–Trinajstić information content (AvgIpc) is 3.19. The second kappa shape index (κ2) is 12.3. The molecule has 0 aliphatic carbocycles. The number of nitrogens with zero attached hydrogens (tertiary/aromatic N) is 3. The van der Waals surface area contributed by atoms with E-state index in [1.54, 1.807) is 0 Å². The van der Waals surface area contributed by atoms with Gasteiger partial charge in [0.1, 0.15) is 30.5 Å². The number of ether oxygens (including phenoxy) is 3. The Hall–Kier alpha value is -3.40. The Morgan fingerprint density at radius 3 is 2.20 bits per heavy atom. The van der Waals surface area contributed by atoms with Crippen LogP contribution < -0.4 is 25.4 Å². The van der Waals surface area contributed by atoms with Crippen LogP contribution >= 0.6 is 11.8 Å². The standard InChI is InChI=1S/C25H33N5O4S/c1-5-32-19-10-12-20(13-11-19)33-15-14-27-23(31)17-35-24-29-28-22(30(24)26)16-34-21-8-6-18(7-9-21)25(2,3)4/h6-13H,5,14-17,26H2,1-4H3,(H,27,31). The lowest BCUT2D eigenvalue weighted by molar-refractivity contribution is -0.118. The van der Waals surface area contributed by atoms with E-state index < -0.39 is 0 Å². The Bertz CT molecular complexity index is 1080. The number of hydrogen-bond acceptors (Lipinski definition) is 8. The van der Waals surface area contributed by atoms with Crippen molar-refractivity contribution in [3.8, 4) is 17.2 Å². The van der Waals surface area contributed by atoms with Crippen LogP contribution in [0.1, 0.15) is 39.1 Å². The van der Waals surface area contributed by atoms with Gasteiger partial charge < -0.3 is 25.4 Å². The van der Waals surface area contributed by atoms with Crippen LogP contribution in [0.2, 0.25) is 0 Å². The van der Waals surface area contributed by atoms with E-state index in [9.17, 15) is 4.79 Å². The Labute approximate surface area is 210 Å². The lowest BCUT2D eigenvalue weighted by Gasteiger charge is -2.19. The number of nitrogens with one attached hydrogen (secondary N) is 1. The number of carbonyl (C=O) groups excluding carboxylic acids is 1. The second-order valence-corrected chi connectivity index (χ2v) is 9.67. The topological polar surface area (TPSA) is 114 Å². The van der Waals surface area contributed by atoms with Crippen molar-refractivity contribution in [3.05, 3.63) is 59.9 Å². The molecule has 0 aliphatic heterocycles. The van der Waals surface area contributed by atoms with Crippen LogP contribution in [0.15, 0.2) is 53.7 Å². The van der Waals surface area contributed by atoms with E-state index in [1.807, 2.05) is 55.5 Å². The van der Waals surface area contributed by atoms with Crippen molar-refractivity contribution < 1.29 is 19.0 Å². The Balaban J connectivity index is 1.37. The maximum atomic E-state index is 12.1. The van der Waals surface area contributed by atoms with Crippen molar-refractivity contribution in [3.63, 3.8) is 0 Å². The molecule has 0 fully saturated rings. The van der Waals surface area contributed by atoms with E-state index in [4.69, 9.17) is 20.1 Å². The summed E-state index contributed by atoms with van der Waals surface area (Å²) in [5.41, 5.74) is 1.31. The monoisotopic (exact) mass is 499 g/mol. The fraction of sp³-hybridized carbons (Fsp3) is 0.400. The summed E-state index contributed by atoms with van der Waals surface area (Å²) in [6.07, 6.45) is 0. The molecule has 0 radical (unpaired) electrons. The molecule has 1 aromatic heterocycles. The summed E-state index contributed by atoms with van der Waals surface area (Å²) < 4.78 is 18.2. The van der Waals surface area contributed by atoms with E-state index in [-0.39, 0.29) is 23.7 Å². The number of thioether (sulfide) groups is 1. The maximum absolute atomic E-state index is 12.1. The molecule has 9 nitrogen and oxygen atoms in total. The van der Waals surface area contributed by atoms with E-state index >= 15 is 0 Å². The zero-order chi connectivity index (χ0) is 25.3. The molecule has 3 rings (SSSR count). The predicted octanol–water partition coefficient (Wildman–Crippen LogP) is 3.55. The van der Waals surface area contributed by atoms with Gasteiger partial charge in [0, 0.05) is 0 Å². The summed E-state index contributed by atoms with van der Waals surface area (Å²) >= 11 is 1.20. The fourth-order valence-corrected chi connectivity index (χ4v) is 3.75. The number of benzene rings is 2. The predicted molar refractivity (Wildman–Crippen MR) is 136 cm³/mol. The third-order valence-corrected chi connectivity index (χ3v) is 5.93. The minimum atomic E-state index is -0.148. The highest BCUT2D eigenvalue weighted by atomic mass is 32.2. The number of carbonyl (C=O) groups is 1. The average molecular weight is 500 g/mol. The largest absolute Gasteiger partial charge is 0.494 e. The number of hydrogen-bond donors (Lipinski definition) is 2. The van der Waals surface area contributed by atoms with Crippen molar-refractivity contribution in [2.24, 2.45) is 0 Å². The van der Waals surface area contributed by atoms with Crippen LogP contribution in [0.25, 0.3) is 0 Å². The van der Waals surface area contributed by atoms with Gasteiger partial charge in [-0.2, -0.15) is 0 Å². The quantitative estimate of drug-likeness (QED) is 0.221. The lowest BCUT2D eigenvalue weighted by atomic mass is 9.87. The van der Waals surface area contributed by atoms with Crippen LogP contribution in [0, 0.1) is 0 Å². The highest BCUT2D eigenvalue weighted by Gasteiger charge is 2.15. The third-order valence-electron chi connectivity index (χ3n) is 4.98. The van der Waals surface area contributed by atoms with E-state index in [2.05, 4.69) is 36.3 Å². The van der Waals surface area contributed by atoms with E-state index in [0.717, 1.165) is 11.5 Å². The van der Waals surface area contributed by atoms with Gasteiger partial charge in [0.25, 0.3) is 0 Å². The zero-order valence-corrected chi connectivity index (χ0v) is 21.4. The first-order chi connectivity index (χ1) is 16.8. The molecular weight excluding hydrogens is 466 g/mol. The Morgan fingerprint density at radius 2 is 1.57 bits per heavy atom. The molecule has 0 spiro atoms. The molecule has 0 bridgehead atoms. The maximum Gasteiger partial charge on any atom is 0.230 e. The lowest BCUT2D eigenvalue weighted by Crippen LogP contribution is -2.29. The van der Waals surface area contributed by atoms with Crippen molar-refractivity contribution in [1.29, 1.82) is 0 Å². The van der Waals surface area contributed by atoms with Gasteiger partial charge in [-0.25, -0.2) is 4.68 Å². The Kier molecular flexibility index (Phi) is 9.25. The number of nitrogens with two attached hydrogens (primary N) is 1. The van der Waals surface area contributed by atoms with E-state index in [1.165, 1.54) is 22.0 Å². The SMILES string of the molecule is CCOc1ccc(OCCNC(=O)CSc2nnc(COc3ccc(C(C)(C)C)cc3)n2N)cc1. The number of nitrogen functional groups attached to an aromatic ring is 1. The van der Waals surface area contributed by atoms with Crippen LogP contribution in [0.4, 0.5) is 0 Å². The number of aromatic nitrogens is 3.